The lowest BCUT2D eigenvalue weighted by molar-refractivity contribution is -0.146. The van der Waals surface area contributed by atoms with Crippen molar-refractivity contribution < 1.29 is 14.0 Å². The summed E-state index contributed by atoms with van der Waals surface area (Å²) in [5.74, 6) is 1.39. The SMILES string of the molecule is CN1C(=O)CC[C@@H](C(=O)N2CCSCC2)[C@@H]1c1cccc(F)c1. The Balaban J connectivity index is 1.89. The van der Waals surface area contributed by atoms with Crippen molar-refractivity contribution in [1.82, 2.24) is 9.80 Å². The van der Waals surface area contributed by atoms with Gasteiger partial charge in [-0.3, -0.25) is 9.59 Å². The minimum atomic E-state index is -0.381. The molecule has 3 rings (SSSR count). The van der Waals surface area contributed by atoms with Crippen LogP contribution in [0.1, 0.15) is 24.4 Å². The lowest BCUT2D eigenvalue weighted by Gasteiger charge is -2.41. The first-order valence-corrected chi connectivity index (χ1v) is 9.11. The molecule has 23 heavy (non-hydrogen) atoms. The number of carbonyl (C=O) groups excluding carboxylic acids is 2. The van der Waals surface area contributed by atoms with Gasteiger partial charge in [0.2, 0.25) is 11.8 Å². The van der Waals surface area contributed by atoms with Crippen molar-refractivity contribution in [2.24, 2.45) is 5.92 Å². The summed E-state index contributed by atoms with van der Waals surface area (Å²) in [6, 6.07) is 5.87. The molecule has 0 spiro atoms. The fourth-order valence-electron chi connectivity index (χ4n) is 3.46. The molecular formula is C17H21FN2O2S. The lowest BCUT2D eigenvalue weighted by atomic mass is 9.83. The molecule has 2 amide bonds. The smallest absolute Gasteiger partial charge is 0.228 e. The molecule has 0 bridgehead atoms. The fourth-order valence-corrected chi connectivity index (χ4v) is 4.36. The van der Waals surface area contributed by atoms with Crippen LogP contribution in [0.4, 0.5) is 4.39 Å². The van der Waals surface area contributed by atoms with E-state index in [-0.39, 0.29) is 29.6 Å². The van der Waals surface area contributed by atoms with Gasteiger partial charge >= 0.3 is 0 Å². The van der Waals surface area contributed by atoms with Crippen LogP contribution in [0.2, 0.25) is 0 Å². The largest absolute Gasteiger partial charge is 0.341 e. The molecule has 0 aromatic heterocycles. The van der Waals surface area contributed by atoms with Crippen LogP contribution < -0.4 is 0 Å². The number of piperidine rings is 1. The van der Waals surface area contributed by atoms with Crippen molar-refractivity contribution in [3.8, 4) is 0 Å². The summed E-state index contributed by atoms with van der Waals surface area (Å²) < 4.78 is 13.6. The van der Waals surface area contributed by atoms with E-state index < -0.39 is 0 Å². The Hall–Kier alpha value is -1.56. The molecule has 2 fully saturated rings. The molecule has 1 aromatic rings. The average Bonchev–Trinajstić information content (AvgIpc) is 2.57. The minimum absolute atomic E-state index is 0.0116. The number of thioether (sulfide) groups is 1. The number of hydrogen-bond acceptors (Lipinski definition) is 3. The predicted molar refractivity (Wildman–Crippen MR) is 88.5 cm³/mol. The summed E-state index contributed by atoms with van der Waals surface area (Å²) in [6.07, 6.45) is 0.911. The number of nitrogens with zero attached hydrogens (tertiary/aromatic N) is 2. The fraction of sp³-hybridized carbons (Fsp3) is 0.529. The summed E-state index contributed by atoms with van der Waals surface area (Å²) in [6.45, 7) is 1.51. The van der Waals surface area contributed by atoms with Gasteiger partial charge in [0.05, 0.1) is 12.0 Å². The molecule has 2 saturated heterocycles. The highest BCUT2D eigenvalue weighted by Crippen LogP contribution is 2.37. The zero-order valence-corrected chi connectivity index (χ0v) is 14.0. The average molecular weight is 336 g/mol. The van der Waals surface area contributed by atoms with Gasteiger partial charge in [-0.05, 0) is 24.1 Å². The number of rotatable bonds is 2. The van der Waals surface area contributed by atoms with Gasteiger partial charge in [0.1, 0.15) is 5.82 Å². The molecule has 0 unspecified atom stereocenters. The Labute approximate surface area is 140 Å². The predicted octanol–water partition coefficient (Wildman–Crippen LogP) is 2.31. The highest BCUT2D eigenvalue weighted by atomic mass is 32.2. The van der Waals surface area contributed by atoms with Crippen LogP contribution in [0, 0.1) is 11.7 Å². The molecule has 4 nitrogen and oxygen atoms in total. The summed E-state index contributed by atoms with van der Waals surface area (Å²) in [7, 11) is 1.71. The summed E-state index contributed by atoms with van der Waals surface area (Å²) >= 11 is 1.85. The molecule has 2 heterocycles. The van der Waals surface area contributed by atoms with Crippen molar-refractivity contribution in [1.29, 1.82) is 0 Å². The van der Waals surface area contributed by atoms with Crippen molar-refractivity contribution in [2.45, 2.75) is 18.9 Å². The van der Waals surface area contributed by atoms with E-state index in [0.717, 1.165) is 24.6 Å². The van der Waals surface area contributed by atoms with Crippen LogP contribution in [-0.4, -0.2) is 53.3 Å². The van der Waals surface area contributed by atoms with Crippen LogP contribution in [0.5, 0.6) is 0 Å². The third kappa shape index (κ3) is 3.37. The van der Waals surface area contributed by atoms with Crippen LogP contribution in [0.15, 0.2) is 24.3 Å². The Bertz CT molecular complexity index is 604. The van der Waals surface area contributed by atoms with Crippen LogP contribution in [0.25, 0.3) is 0 Å². The minimum Gasteiger partial charge on any atom is -0.341 e. The van der Waals surface area contributed by atoms with Gasteiger partial charge in [-0.25, -0.2) is 4.39 Å². The second-order valence-corrected chi connectivity index (χ2v) is 7.31. The van der Waals surface area contributed by atoms with E-state index in [4.69, 9.17) is 0 Å². The third-order valence-corrected chi connectivity index (χ3v) is 5.63. The first-order chi connectivity index (χ1) is 11.1. The summed E-state index contributed by atoms with van der Waals surface area (Å²) in [5.41, 5.74) is 0.699. The lowest BCUT2D eigenvalue weighted by Crippen LogP contribution is -2.49. The second kappa shape index (κ2) is 6.91. The topological polar surface area (TPSA) is 40.6 Å². The number of hydrogen-bond donors (Lipinski definition) is 0. The van der Waals surface area contributed by atoms with Crippen molar-refractivity contribution in [2.75, 3.05) is 31.6 Å². The molecule has 0 N–H and O–H groups in total. The van der Waals surface area contributed by atoms with Gasteiger partial charge in [-0.2, -0.15) is 11.8 Å². The third-order valence-electron chi connectivity index (χ3n) is 4.69. The molecule has 0 radical (unpaired) electrons. The van der Waals surface area contributed by atoms with Crippen molar-refractivity contribution in [3.63, 3.8) is 0 Å². The van der Waals surface area contributed by atoms with E-state index in [9.17, 15) is 14.0 Å². The van der Waals surface area contributed by atoms with Gasteiger partial charge < -0.3 is 9.80 Å². The van der Waals surface area contributed by atoms with Crippen LogP contribution in [0.3, 0.4) is 0 Å². The number of amides is 2. The zero-order valence-electron chi connectivity index (χ0n) is 13.2. The number of halogens is 1. The molecule has 2 aliphatic heterocycles. The molecule has 1 aromatic carbocycles. The Morgan fingerprint density at radius 3 is 2.74 bits per heavy atom. The normalized spacial score (nSPS) is 25.6. The van der Waals surface area contributed by atoms with Gasteiger partial charge in [0.25, 0.3) is 0 Å². The quantitative estimate of drug-likeness (QED) is 0.832. The van der Waals surface area contributed by atoms with Gasteiger partial charge in [0, 0.05) is 38.1 Å². The van der Waals surface area contributed by atoms with Gasteiger partial charge in [-0.1, -0.05) is 12.1 Å². The highest BCUT2D eigenvalue weighted by molar-refractivity contribution is 7.99. The number of carbonyl (C=O) groups is 2. The van der Waals surface area contributed by atoms with E-state index in [2.05, 4.69) is 0 Å². The Morgan fingerprint density at radius 1 is 1.30 bits per heavy atom. The number of benzene rings is 1. The van der Waals surface area contributed by atoms with Crippen molar-refractivity contribution >= 4 is 23.6 Å². The highest BCUT2D eigenvalue weighted by Gasteiger charge is 2.40. The maximum Gasteiger partial charge on any atom is 0.228 e. The molecule has 6 heteroatoms. The summed E-state index contributed by atoms with van der Waals surface area (Å²) in [5, 5.41) is 0. The summed E-state index contributed by atoms with van der Waals surface area (Å²) in [4.78, 5) is 28.6. The molecule has 0 aliphatic carbocycles. The van der Waals surface area contributed by atoms with E-state index in [1.54, 1.807) is 24.1 Å². The van der Waals surface area contributed by atoms with E-state index >= 15 is 0 Å². The second-order valence-electron chi connectivity index (χ2n) is 6.09. The molecule has 2 aliphatic rings. The maximum atomic E-state index is 13.6. The first kappa shape index (κ1) is 16.3. The Kier molecular flexibility index (Phi) is 4.90. The van der Waals surface area contributed by atoms with Crippen LogP contribution in [-0.2, 0) is 9.59 Å². The van der Waals surface area contributed by atoms with E-state index in [0.29, 0.717) is 18.4 Å². The maximum absolute atomic E-state index is 13.6. The molecular weight excluding hydrogens is 315 g/mol. The molecule has 2 atom stereocenters. The zero-order chi connectivity index (χ0) is 16.4. The van der Waals surface area contributed by atoms with E-state index in [1.807, 2.05) is 16.7 Å². The number of likely N-dealkylation sites (tertiary alicyclic amines) is 1. The molecule has 124 valence electrons. The van der Waals surface area contributed by atoms with Crippen LogP contribution >= 0.6 is 11.8 Å². The van der Waals surface area contributed by atoms with Gasteiger partial charge in [-0.15, -0.1) is 0 Å². The molecule has 0 saturated carbocycles. The first-order valence-electron chi connectivity index (χ1n) is 7.95. The van der Waals surface area contributed by atoms with Gasteiger partial charge in [0.15, 0.2) is 0 Å². The Morgan fingerprint density at radius 2 is 2.04 bits per heavy atom. The standard InChI is InChI=1S/C17H21FN2O2S/c1-19-15(21)6-5-14(17(22)20-7-9-23-10-8-20)16(19)12-3-2-4-13(18)11-12/h2-4,11,14,16H,5-10H2,1H3/t14-,16+/m1/s1. The monoisotopic (exact) mass is 336 g/mol. The van der Waals surface area contributed by atoms with E-state index in [1.165, 1.54) is 12.1 Å². The van der Waals surface area contributed by atoms with Crippen molar-refractivity contribution in [3.05, 3.63) is 35.6 Å².